The van der Waals surface area contributed by atoms with Crippen molar-refractivity contribution in [2.45, 2.75) is 13.8 Å². The van der Waals surface area contributed by atoms with E-state index in [1.807, 2.05) is 18.2 Å². The molecule has 0 rings (SSSR count). The van der Waals surface area contributed by atoms with Crippen molar-refractivity contribution in [3.05, 3.63) is 37.0 Å². The van der Waals surface area contributed by atoms with E-state index in [1.54, 1.807) is 6.08 Å². The van der Waals surface area contributed by atoms with Crippen LogP contribution in [-0.2, 0) is 0 Å². The fourth-order valence-electron chi connectivity index (χ4n) is 0.429. The van der Waals surface area contributed by atoms with Crippen molar-refractivity contribution in [2.75, 3.05) is 0 Å². The van der Waals surface area contributed by atoms with Gasteiger partial charge in [-0.3, -0.25) is 0 Å². The maximum atomic E-state index is 3.56. The van der Waals surface area contributed by atoms with Gasteiger partial charge < -0.3 is 0 Å². The lowest BCUT2D eigenvalue weighted by Gasteiger charge is -1.88. The van der Waals surface area contributed by atoms with Crippen LogP contribution in [0.1, 0.15) is 13.8 Å². The first-order chi connectivity index (χ1) is 4.27. The third kappa shape index (κ3) is 7.22. The van der Waals surface area contributed by atoms with Gasteiger partial charge in [0.05, 0.1) is 0 Å². The predicted octanol–water partition coefficient (Wildman–Crippen LogP) is 2.94. The van der Waals surface area contributed by atoms with Gasteiger partial charge in [-0.1, -0.05) is 50.8 Å². The molecule has 0 nitrogen and oxygen atoms in total. The van der Waals surface area contributed by atoms with Gasteiger partial charge in [0, 0.05) is 0 Å². The normalized spacial score (nSPS) is 11.9. The molecular formula is C9H14. The summed E-state index contributed by atoms with van der Waals surface area (Å²) in [6.07, 6.45) is 9.84. The monoisotopic (exact) mass is 122 g/mol. The molecule has 0 saturated heterocycles. The first-order valence-electron chi connectivity index (χ1n) is 3.23. The fraction of sp³-hybridized carbons (Fsp3) is 0.333. The molecule has 0 heterocycles. The van der Waals surface area contributed by atoms with E-state index in [1.165, 1.54) is 0 Å². The molecule has 0 unspecified atom stereocenters. The van der Waals surface area contributed by atoms with Crippen LogP contribution < -0.4 is 0 Å². The van der Waals surface area contributed by atoms with Gasteiger partial charge in [-0.25, -0.2) is 0 Å². The van der Waals surface area contributed by atoms with Gasteiger partial charge in [0.2, 0.25) is 0 Å². The van der Waals surface area contributed by atoms with Crippen LogP contribution in [0, 0.1) is 5.92 Å². The second-order valence-electron chi connectivity index (χ2n) is 2.25. The maximum Gasteiger partial charge on any atom is -0.0287 e. The summed E-state index contributed by atoms with van der Waals surface area (Å²) in [6.45, 7) is 7.86. The van der Waals surface area contributed by atoms with Crippen LogP contribution in [0.2, 0.25) is 0 Å². The summed E-state index contributed by atoms with van der Waals surface area (Å²) in [5.41, 5.74) is 0. The van der Waals surface area contributed by atoms with Crippen LogP contribution in [0.15, 0.2) is 37.0 Å². The molecule has 0 N–H and O–H groups in total. The van der Waals surface area contributed by atoms with Crippen LogP contribution in [0.4, 0.5) is 0 Å². The molecule has 9 heavy (non-hydrogen) atoms. The number of hydrogen-bond acceptors (Lipinski definition) is 0. The zero-order chi connectivity index (χ0) is 7.11. The Kier molecular flexibility index (Phi) is 4.89. The van der Waals surface area contributed by atoms with Crippen molar-refractivity contribution < 1.29 is 0 Å². The zero-order valence-corrected chi connectivity index (χ0v) is 6.17. The van der Waals surface area contributed by atoms with Crippen molar-refractivity contribution in [1.82, 2.24) is 0 Å². The van der Waals surface area contributed by atoms with E-state index in [2.05, 4.69) is 26.5 Å². The Morgan fingerprint density at radius 3 is 2.22 bits per heavy atom. The Morgan fingerprint density at radius 1 is 1.11 bits per heavy atom. The van der Waals surface area contributed by atoms with Gasteiger partial charge in [0.15, 0.2) is 0 Å². The van der Waals surface area contributed by atoms with Gasteiger partial charge in [-0.05, 0) is 5.92 Å². The molecule has 0 saturated carbocycles. The second kappa shape index (κ2) is 5.36. The molecule has 0 atom stereocenters. The lowest BCUT2D eigenvalue weighted by atomic mass is 10.2. The highest BCUT2D eigenvalue weighted by Gasteiger charge is 1.78. The lowest BCUT2D eigenvalue weighted by molar-refractivity contribution is 0.832. The summed E-state index contributed by atoms with van der Waals surface area (Å²) in [4.78, 5) is 0. The van der Waals surface area contributed by atoms with E-state index in [9.17, 15) is 0 Å². The van der Waals surface area contributed by atoms with Crippen molar-refractivity contribution in [2.24, 2.45) is 5.92 Å². The highest BCUT2D eigenvalue weighted by Crippen LogP contribution is 1.92. The predicted molar refractivity (Wildman–Crippen MR) is 43.3 cm³/mol. The molecule has 0 spiro atoms. The minimum absolute atomic E-state index is 0.638. The SMILES string of the molecule is C=CC=CC=CC(C)C. The molecular weight excluding hydrogens is 108 g/mol. The van der Waals surface area contributed by atoms with Crippen molar-refractivity contribution in [3.63, 3.8) is 0 Å². The number of hydrogen-bond donors (Lipinski definition) is 0. The Bertz CT molecular complexity index is 116. The standard InChI is InChI=1S/C9H14/c1-4-5-6-7-8-9(2)3/h4-9H,1H2,2-3H3. The Morgan fingerprint density at radius 2 is 1.78 bits per heavy atom. The van der Waals surface area contributed by atoms with E-state index in [4.69, 9.17) is 0 Å². The number of rotatable bonds is 3. The molecule has 0 fully saturated rings. The van der Waals surface area contributed by atoms with E-state index in [0.29, 0.717) is 5.92 Å². The van der Waals surface area contributed by atoms with Gasteiger partial charge in [-0.15, -0.1) is 0 Å². The quantitative estimate of drug-likeness (QED) is 0.505. The highest BCUT2D eigenvalue weighted by atomic mass is 13.8. The van der Waals surface area contributed by atoms with E-state index < -0.39 is 0 Å². The van der Waals surface area contributed by atoms with Gasteiger partial charge >= 0.3 is 0 Å². The molecule has 0 aliphatic rings. The maximum absolute atomic E-state index is 3.56. The zero-order valence-electron chi connectivity index (χ0n) is 6.17. The molecule has 0 aromatic heterocycles. The first-order valence-corrected chi connectivity index (χ1v) is 3.23. The fourth-order valence-corrected chi connectivity index (χ4v) is 0.429. The molecule has 0 radical (unpaired) electrons. The van der Waals surface area contributed by atoms with Crippen LogP contribution in [0.25, 0.3) is 0 Å². The van der Waals surface area contributed by atoms with Crippen molar-refractivity contribution in [1.29, 1.82) is 0 Å². The molecule has 0 aliphatic heterocycles. The smallest absolute Gasteiger partial charge is 0.0287 e. The Labute approximate surface area is 57.6 Å². The Hall–Kier alpha value is -0.780. The number of allylic oxidation sites excluding steroid dienone is 5. The van der Waals surface area contributed by atoms with E-state index >= 15 is 0 Å². The van der Waals surface area contributed by atoms with E-state index in [0.717, 1.165) is 0 Å². The summed E-state index contributed by atoms with van der Waals surface area (Å²) in [5.74, 6) is 0.638. The average Bonchev–Trinajstić information content (AvgIpc) is 1.80. The summed E-state index contributed by atoms with van der Waals surface area (Å²) in [6, 6.07) is 0. The minimum atomic E-state index is 0.638. The third-order valence-electron chi connectivity index (χ3n) is 0.854. The molecule has 0 bridgehead atoms. The Balaban J connectivity index is 3.46. The molecule has 0 heteroatoms. The van der Waals surface area contributed by atoms with Gasteiger partial charge in [0.1, 0.15) is 0 Å². The molecule has 50 valence electrons. The summed E-state index contributed by atoms with van der Waals surface area (Å²) < 4.78 is 0. The minimum Gasteiger partial charge on any atom is -0.0991 e. The highest BCUT2D eigenvalue weighted by molar-refractivity contribution is 5.09. The van der Waals surface area contributed by atoms with Crippen LogP contribution in [0.3, 0.4) is 0 Å². The molecule has 0 amide bonds. The molecule has 0 aromatic rings. The van der Waals surface area contributed by atoms with Gasteiger partial charge in [0.25, 0.3) is 0 Å². The first kappa shape index (κ1) is 8.22. The van der Waals surface area contributed by atoms with Crippen molar-refractivity contribution in [3.8, 4) is 0 Å². The largest absolute Gasteiger partial charge is 0.0991 e. The van der Waals surface area contributed by atoms with Crippen LogP contribution >= 0.6 is 0 Å². The lowest BCUT2D eigenvalue weighted by Crippen LogP contribution is -1.74. The van der Waals surface area contributed by atoms with Crippen molar-refractivity contribution >= 4 is 0 Å². The summed E-state index contributed by atoms with van der Waals surface area (Å²) >= 11 is 0. The summed E-state index contributed by atoms with van der Waals surface area (Å²) in [5, 5.41) is 0. The summed E-state index contributed by atoms with van der Waals surface area (Å²) in [7, 11) is 0. The topological polar surface area (TPSA) is 0 Å². The van der Waals surface area contributed by atoms with Crippen LogP contribution in [0.5, 0.6) is 0 Å². The molecule has 0 aliphatic carbocycles. The van der Waals surface area contributed by atoms with Gasteiger partial charge in [-0.2, -0.15) is 0 Å². The molecule has 0 aromatic carbocycles. The second-order valence-corrected chi connectivity index (χ2v) is 2.25. The van der Waals surface area contributed by atoms with E-state index in [-0.39, 0.29) is 0 Å². The average molecular weight is 122 g/mol. The third-order valence-corrected chi connectivity index (χ3v) is 0.854. The van der Waals surface area contributed by atoms with Crippen LogP contribution in [-0.4, -0.2) is 0 Å².